The van der Waals surface area contributed by atoms with Crippen molar-refractivity contribution < 1.29 is 9.90 Å². The summed E-state index contributed by atoms with van der Waals surface area (Å²) in [5, 5.41) is 10.0. The number of likely N-dealkylation sites (N-methyl/N-ethyl adjacent to an activating group) is 1. The monoisotopic (exact) mass is 277 g/mol. The van der Waals surface area contributed by atoms with Gasteiger partial charge in [0.1, 0.15) is 0 Å². The number of β-amino-alcohol motifs (C(OH)–C–C–N with tert-alkyl or cyclic N) is 1. The molecular weight excluding hydrogens is 254 g/mol. The standard InChI is InChI=1S/C15H23N3O2/c1-17(10-7-13-5-2-3-8-16-13)11-14(19)12-18-9-4-6-15(18)20/h2-3,5,8,14,19H,4,6-7,9-12H2,1H3. The molecule has 0 saturated carbocycles. The maximum atomic E-state index is 11.5. The first-order valence-electron chi connectivity index (χ1n) is 7.19. The molecule has 0 spiro atoms. The van der Waals surface area contributed by atoms with Crippen molar-refractivity contribution in [3.05, 3.63) is 30.1 Å². The molecule has 1 aromatic heterocycles. The number of hydrogen-bond donors (Lipinski definition) is 1. The van der Waals surface area contributed by atoms with Crippen LogP contribution in [0.5, 0.6) is 0 Å². The van der Waals surface area contributed by atoms with Crippen LogP contribution in [0.15, 0.2) is 24.4 Å². The summed E-state index contributed by atoms with van der Waals surface area (Å²) in [7, 11) is 1.98. The van der Waals surface area contributed by atoms with Gasteiger partial charge in [0.05, 0.1) is 6.10 Å². The lowest BCUT2D eigenvalue weighted by Crippen LogP contribution is -2.40. The van der Waals surface area contributed by atoms with Crippen molar-refractivity contribution in [2.24, 2.45) is 0 Å². The average Bonchev–Trinajstić information content (AvgIpc) is 2.83. The number of rotatable bonds is 7. The van der Waals surface area contributed by atoms with Gasteiger partial charge in [-0.2, -0.15) is 0 Å². The molecule has 1 N–H and O–H groups in total. The van der Waals surface area contributed by atoms with E-state index in [2.05, 4.69) is 9.88 Å². The summed E-state index contributed by atoms with van der Waals surface area (Å²) < 4.78 is 0. The summed E-state index contributed by atoms with van der Waals surface area (Å²) in [6.07, 6.45) is 3.73. The Morgan fingerprint density at radius 1 is 1.50 bits per heavy atom. The molecule has 5 nitrogen and oxygen atoms in total. The van der Waals surface area contributed by atoms with Gasteiger partial charge in [-0.05, 0) is 25.6 Å². The second kappa shape index (κ2) is 7.36. The number of aliphatic hydroxyl groups is 1. The third-order valence-electron chi connectivity index (χ3n) is 3.60. The largest absolute Gasteiger partial charge is 0.390 e. The van der Waals surface area contributed by atoms with Gasteiger partial charge in [0.25, 0.3) is 0 Å². The van der Waals surface area contributed by atoms with Crippen molar-refractivity contribution in [3.63, 3.8) is 0 Å². The molecule has 1 unspecified atom stereocenters. The van der Waals surface area contributed by atoms with Crippen LogP contribution in [0.25, 0.3) is 0 Å². The molecule has 0 bridgehead atoms. The number of amides is 1. The first kappa shape index (κ1) is 14.9. The molecule has 0 aromatic carbocycles. The zero-order chi connectivity index (χ0) is 14.4. The van der Waals surface area contributed by atoms with Crippen LogP contribution >= 0.6 is 0 Å². The number of aliphatic hydroxyl groups excluding tert-OH is 1. The fraction of sp³-hybridized carbons (Fsp3) is 0.600. The lowest BCUT2D eigenvalue weighted by atomic mass is 10.2. The summed E-state index contributed by atoms with van der Waals surface area (Å²) in [5.41, 5.74) is 1.06. The van der Waals surface area contributed by atoms with Gasteiger partial charge in [-0.3, -0.25) is 9.78 Å². The first-order valence-corrected chi connectivity index (χ1v) is 7.19. The van der Waals surface area contributed by atoms with E-state index in [0.29, 0.717) is 19.5 Å². The molecule has 0 aliphatic carbocycles. The maximum Gasteiger partial charge on any atom is 0.222 e. The smallest absolute Gasteiger partial charge is 0.222 e. The third-order valence-corrected chi connectivity index (χ3v) is 3.60. The normalized spacial score (nSPS) is 16.9. The molecule has 110 valence electrons. The quantitative estimate of drug-likeness (QED) is 0.790. The van der Waals surface area contributed by atoms with Crippen molar-refractivity contribution >= 4 is 5.91 Å². The van der Waals surface area contributed by atoms with E-state index in [4.69, 9.17) is 0 Å². The Kier molecular flexibility index (Phi) is 5.49. The van der Waals surface area contributed by atoms with E-state index in [9.17, 15) is 9.90 Å². The van der Waals surface area contributed by atoms with Gasteiger partial charge >= 0.3 is 0 Å². The number of hydrogen-bond acceptors (Lipinski definition) is 4. The number of nitrogens with zero attached hydrogens (tertiary/aromatic N) is 3. The van der Waals surface area contributed by atoms with Crippen molar-refractivity contribution in [2.45, 2.75) is 25.4 Å². The second-order valence-corrected chi connectivity index (χ2v) is 5.43. The fourth-order valence-electron chi connectivity index (χ4n) is 2.51. The number of aromatic nitrogens is 1. The molecule has 2 heterocycles. The summed E-state index contributed by atoms with van der Waals surface area (Å²) >= 11 is 0. The summed E-state index contributed by atoms with van der Waals surface area (Å²) in [6, 6.07) is 5.90. The Morgan fingerprint density at radius 2 is 2.35 bits per heavy atom. The zero-order valence-electron chi connectivity index (χ0n) is 12.0. The summed E-state index contributed by atoms with van der Waals surface area (Å²) in [4.78, 5) is 19.6. The van der Waals surface area contributed by atoms with Crippen LogP contribution < -0.4 is 0 Å². The molecule has 0 radical (unpaired) electrons. The minimum absolute atomic E-state index is 0.167. The Hall–Kier alpha value is -1.46. The van der Waals surface area contributed by atoms with E-state index in [1.807, 2.05) is 25.2 Å². The molecule has 20 heavy (non-hydrogen) atoms. The molecule has 5 heteroatoms. The van der Waals surface area contributed by atoms with Gasteiger partial charge in [0.2, 0.25) is 5.91 Å². The maximum absolute atomic E-state index is 11.5. The number of carbonyl (C=O) groups excluding carboxylic acids is 1. The van der Waals surface area contributed by atoms with Crippen molar-refractivity contribution in [1.82, 2.24) is 14.8 Å². The minimum Gasteiger partial charge on any atom is -0.390 e. The van der Waals surface area contributed by atoms with Gasteiger partial charge in [-0.1, -0.05) is 6.07 Å². The SMILES string of the molecule is CN(CCc1ccccn1)CC(O)CN1CCCC1=O. The Balaban J connectivity index is 1.68. The van der Waals surface area contributed by atoms with Crippen LogP contribution in [0.1, 0.15) is 18.5 Å². The Bertz CT molecular complexity index is 424. The second-order valence-electron chi connectivity index (χ2n) is 5.43. The number of likely N-dealkylation sites (tertiary alicyclic amines) is 1. The van der Waals surface area contributed by atoms with E-state index in [1.54, 1.807) is 11.1 Å². The van der Waals surface area contributed by atoms with E-state index in [0.717, 1.165) is 31.6 Å². The van der Waals surface area contributed by atoms with Crippen LogP contribution in [-0.4, -0.2) is 65.1 Å². The van der Waals surface area contributed by atoms with Gasteiger partial charge in [0, 0.05) is 50.9 Å². The van der Waals surface area contributed by atoms with Crippen molar-refractivity contribution in [1.29, 1.82) is 0 Å². The van der Waals surface area contributed by atoms with Gasteiger partial charge in [0.15, 0.2) is 0 Å². The van der Waals surface area contributed by atoms with Crippen LogP contribution in [0.3, 0.4) is 0 Å². The number of carbonyl (C=O) groups is 1. The average molecular weight is 277 g/mol. The molecule has 1 aromatic rings. The molecule has 2 rings (SSSR count). The molecule has 1 amide bonds. The van der Waals surface area contributed by atoms with E-state index in [1.165, 1.54) is 0 Å². The van der Waals surface area contributed by atoms with E-state index < -0.39 is 6.10 Å². The van der Waals surface area contributed by atoms with Crippen LogP contribution in [-0.2, 0) is 11.2 Å². The summed E-state index contributed by atoms with van der Waals surface area (Å²) in [5.74, 6) is 0.167. The third kappa shape index (κ3) is 4.58. The van der Waals surface area contributed by atoms with Crippen LogP contribution in [0, 0.1) is 0 Å². The van der Waals surface area contributed by atoms with Gasteiger partial charge in [-0.15, -0.1) is 0 Å². The fourth-order valence-corrected chi connectivity index (χ4v) is 2.51. The predicted octanol–water partition coefficient (Wildman–Crippen LogP) is 0.539. The minimum atomic E-state index is -0.481. The Labute approximate surface area is 120 Å². The lowest BCUT2D eigenvalue weighted by Gasteiger charge is -2.24. The molecule has 1 atom stereocenters. The lowest BCUT2D eigenvalue weighted by molar-refractivity contribution is -0.129. The highest BCUT2D eigenvalue weighted by Gasteiger charge is 2.22. The van der Waals surface area contributed by atoms with Crippen molar-refractivity contribution in [3.8, 4) is 0 Å². The molecule has 1 saturated heterocycles. The molecule has 1 fully saturated rings. The Morgan fingerprint density at radius 3 is 3.00 bits per heavy atom. The zero-order valence-corrected chi connectivity index (χ0v) is 12.0. The molecule has 1 aliphatic heterocycles. The van der Waals surface area contributed by atoms with Crippen LogP contribution in [0.2, 0.25) is 0 Å². The highest BCUT2D eigenvalue weighted by molar-refractivity contribution is 5.78. The first-order chi connectivity index (χ1) is 9.65. The van der Waals surface area contributed by atoms with Gasteiger partial charge < -0.3 is 14.9 Å². The highest BCUT2D eigenvalue weighted by atomic mass is 16.3. The van der Waals surface area contributed by atoms with Crippen molar-refractivity contribution in [2.75, 3.05) is 33.2 Å². The van der Waals surface area contributed by atoms with E-state index >= 15 is 0 Å². The highest BCUT2D eigenvalue weighted by Crippen LogP contribution is 2.10. The van der Waals surface area contributed by atoms with Crippen LogP contribution in [0.4, 0.5) is 0 Å². The summed E-state index contributed by atoms with van der Waals surface area (Å²) in [6.45, 7) is 2.67. The molecule has 1 aliphatic rings. The number of pyridine rings is 1. The molecular formula is C15H23N3O2. The van der Waals surface area contributed by atoms with E-state index in [-0.39, 0.29) is 5.91 Å². The predicted molar refractivity (Wildman–Crippen MR) is 77.3 cm³/mol. The van der Waals surface area contributed by atoms with Gasteiger partial charge in [-0.25, -0.2) is 0 Å². The topological polar surface area (TPSA) is 56.7 Å².